The lowest BCUT2D eigenvalue weighted by molar-refractivity contribution is 0.112. The van der Waals surface area contributed by atoms with E-state index >= 15 is 0 Å². The van der Waals surface area contributed by atoms with Gasteiger partial charge in [-0.15, -0.1) is 0 Å². The van der Waals surface area contributed by atoms with Crippen LogP contribution in [0.2, 0.25) is 0 Å². The highest BCUT2D eigenvalue weighted by Crippen LogP contribution is 2.28. The van der Waals surface area contributed by atoms with Crippen LogP contribution in [0.25, 0.3) is 0 Å². The summed E-state index contributed by atoms with van der Waals surface area (Å²) < 4.78 is 6.92. The van der Waals surface area contributed by atoms with Crippen molar-refractivity contribution in [3.63, 3.8) is 0 Å². The lowest BCUT2D eigenvalue weighted by Crippen LogP contribution is -2.25. The quantitative estimate of drug-likeness (QED) is 0.780. The summed E-state index contributed by atoms with van der Waals surface area (Å²) >= 11 is 3.40. The molecule has 4 nitrogen and oxygen atoms in total. The van der Waals surface area contributed by atoms with Crippen molar-refractivity contribution in [2.45, 2.75) is 19.4 Å². The molecule has 3 rings (SSSR count). The lowest BCUT2D eigenvalue weighted by atomic mass is 10.2. The molecule has 1 fully saturated rings. The normalized spacial score (nSPS) is 17.5. The molecular weight excluding hydrogens is 344 g/mol. The van der Waals surface area contributed by atoms with Crippen LogP contribution in [0, 0.1) is 6.92 Å². The Bertz CT molecular complexity index is 690. The van der Waals surface area contributed by atoms with Gasteiger partial charge in [-0.2, -0.15) is 0 Å². The van der Waals surface area contributed by atoms with Gasteiger partial charge in [-0.25, -0.2) is 4.98 Å². The first-order valence-corrected chi connectivity index (χ1v) is 8.04. The number of nitrogens with zero attached hydrogens (tertiary/aromatic N) is 2. The van der Waals surface area contributed by atoms with Crippen molar-refractivity contribution >= 4 is 27.9 Å². The summed E-state index contributed by atoms with van der Waals surface area (Å²) in [6, 6.07) is 9.68. The van der Waals surface area contributed by atoms with Crippen LogP contribution in [0.5, 0.6) is 5.88 Å². The second kappa shape index (κ2) is 6.48. The summed E-state index contributed by atoms with van der Waals surface area (Å²) in [4.78, 5) is 17.7. The predicted molar refractivity (Wildman–Crippen MR) is 89.7 cm³/mol. The molecule has 1 aliphatic rings. The Kier molecular flexibility index (Phi) is 4.43. The molecule has 114 valence electrons. The molecule has 0 aliphatic carbocycles. The summed E-state index contributed by atoms with van der Waals surface area (Å²) in [6.07, 6.45) is 3.66. The minimum Gasteiger partial charge on any atom is -0.472 e. The van der Waals surface area contributed by atoms with Gasteiger partial charge in [-0.05, 0) is 31.2 Å². The molecular formula is C17H17BrN2O2. The Hall–Kier alpha value is -1.88. The molecule has 1 atom stereocenters. The maximum absolute atomic E-state index is 11.3. The average Bonchev–Trinajstić information content (AvgIpc) is 2.98. The van der Waals surface area contributed by atoms with Crippen LogP contribution in [-0.2, 0) is 0 Å². The highest BCUT2D eigenvalue weighted by Gasteiger charge is 2.26. The topological polar surface area (TPSA) is 42.4 Å². The smallest absolute Gasteiger partial charge is 0.216 e. The maximum Gasteiger partial charge on any atom is 0.216 e. The van der Waals surface area contributed by atoms with Gasteiger partial charge in [0, 0.05) is 40.4 Å². The third kappa shape index (κ3) is 3.14. The SMILES string of the molecule is Cc1cccnc1O[C@H]1CCN(c2ccc(Br)cc2C=O)C1. The Morgan fingerprint density at radius 2 is 2.27 bits per heavy atom. The number of pyridine rings is 1. The fourth-order valence-corrected chi connectivity index (χ4v) is 3.08. The fraction of sp³-hybridized carbons (Fsp3) is 0.294. The Balaban J connectivity index is 1.73. The van der Waals surface area contributed by atoms with Crippen molar-refractivity contribution in [3.8, 4) is 5.88 Å². The van der Waals surface area contributed by atoms with E-state index in [-0.39, 0.29) is 6.10 Å². The number of anilines is 1. The molecule has 0 bridgehead atoms. The zero-order valence-electron chi connectivity index (χ0n) is 12.3. The van der Waals surface area contributed by atoms with Crippen molar-refractivity contribution in [1.82, 2.24) is 4.98 Å². The van der Waals surface area contributed by atoms with Crippen molar-refractivity contribution in [2.75, 3.05) is 18.0 Å². The molecule has 2 heterocycles. The number of halogens is 1. The summed E-state index contributed by atoms with van der Waals surface area (Å²) in [5.41, 5.74) is 2.70. The van der Waals surface area contributed by atoms with E-state index in [9.17, 15) is 4.79 Å². The molecule has 0 saturated carbocycles. The fourth-order valence-electron chi connectivity index (χ4n) is 2.70. The van der Waals surface area contributed by atoms with Gasteiger partial charge in [0.15, 0.2) is 6.29 Å². The molecule has 5 heteroatoms. The second-order valence-corrected chi connectivity index (χ2v) is 6.34. The van der Waals surface area contributed by atoms with Gasteiger partial charge in [0.05, 0.1) is 6.54 Å². The lowest BCUT2D eigenvalue weighted by Gasteiger charge is -2.21. The average molecular weight is 361 g/mol. The van der Waals surface area contributed by atoms with E-state index in [2.05, 4.69) is 25.8 Å². The molecule has 22 heavy (non-hydrogen) atoms. The molecule has 0 radical (unpaired) electrons. The number of aldehydes is 1. The van der Waals surface area contributed by atoms with Gasteiger partial charge in [0.1, 0.15) is 6.10 Å². The van der Waals surface area contributed by atoms with Crippen molar-refractivity contribution in [3.05, 3.63) is 52.1 Å². The highest BCUT2D eigenvalue weighted by atomic mass is 79.9. The molecule has 0 spiro atoms. The number of carbonyl (C=O) groups excluding carboxylic acids is 1. The molecule has 1 aromatic carbocycles. The number of benzene rings is 1. The number of ether oxygens (including phenoxy) is 1. The molecule has 0 N–H and O–H groups in total. The molecule has 1 aliphatic heterocycles. The predicted octanol–water partition coefficient (Wildman–Crippen LogP) is 3.62. The number of carbonyl (C=O) groups is 1. The van der Waals surface area contributed by atoms with Crippen LogP contribution >= 0.6 is 15.9 Å². The first-order chi connectivity index (χ1) is 10.7. The van der Waals surface area contributed by atoms with E-state index in [4.69, 9.17) is 4.74 Å². The van der Waals surface area contributed by atoms with Gasteiger partial charge in [-0.1, -0.05) is 22.0 Å². The molecule has 2 aromatic rings. The van der Waals surface area contributed by atoms with E-state index < -0.39 is 0 Å². The van der Waals surface area contributed by atoms with Crippen molar-refractivity contribution in [1.29, 1.82) is 0 Å². The number of hydrogen-bond donors (Lipinski definition) is 0. The standard InChI is InChI=1S/C17H17BrN2O2/c1-12-3-2-7-19-17(12)22-15-6-8-20(10-15)16-5-4-14(18)9-13(16)11-21/h2-5,7,9,11,15H,6,8,10H2,1H3/t15-/m0/s1. The van der Waals surface area contributed by atoms with Crippen LogP contribution in [0.3, 0.4) is 0 Å². The molecule has 0 unspecified atom stereocenters. The largest absolute Gasteiger partial charge is 0.472 e. The van der Waals surface area contributed by atoms with Gasteiger partial charge >= 0.3 is 0 Å². The minimum absolute atomic E-state index is 0.0942. The van der Waals surface area contributed by atoms with Gasteiger partial charge in [0.2, 0.25) is 5.88 Å². The number of hydrogen-bond acceptors (Lipinski definition) is 4. The van der Waals surface area contributed by atoms with Gasteiger partial charge in [-0.3, -0.25) is 4.79 Å². The Labute approximate surface area is 138 Å². The molecule has 0 amide bonds. The minimum atomic E-state index is 0.0942. The first-order valence-electron chi connectivity index (χ1n) is 7.25. The van der Waals surface area contributed by atoms with Crippen LogP contribution < -0.4 is 9.64 Å². The van der Waals surface area contributed by atoms with Crippen LogP contribution in [-0.4, -0.2) is 30.5 Å². The molecule has 1 saturated heterocycles. The summed E-state index contributed by atoms with van der Waals surface area (Å²) in [6.45, 7) is 3.63. The second-order valence-electron chi connectivity index (χ2n) is 5.42. The zero-order valence-corrected chi connectivity index (χ0v) is 13.9. The van der Waals surface area contributed by atoms with E-state index in [1.807, 2.05) is 37.3 Å². The van der Waals surface area contributed by atoms with Crippen LogP contribution in [0.1, 0.15) is 22.3 Å². The van der Waals surface area contributed by atoms with E-state index in [0.717, 1.165) is 41.5 Å². The third-order valence-electron chi connectivity index (χ3n) is 3.84. The third-order valence-corrected chi connectivity index (χ3v) is 4.34. The zero-order chi connectivity index (χ0) is 15.5. The summed E-state index contributed by atoms with van der Waals surface area (Å²) in [5.74, 6) is 0.695. The van der Waals surface area contributed by atoms with E-state index in [0.29, 0.717) is 11.4 Å². The Morgan fingerprint density at radius 1 is 1.41 bits per heavy atom. The summed E-state index contributed by atoms with van der Waals surface area (Å²) in [7, 11) is 0. The van der Waals surface area contributed by atoms with E-state index in [1.165, 1.54) is 0 Å². The number of aromatic nitrogens is 1. The van der Waals surface area contributed by atoms with Crippen molar-refractivity contribution < 1.29 is 9.53 Å². The van der Waals surface area contributed by atoms with Crippen LogP contribution in [0.15, 0.2) is 41.0 Å². The van der Waals surface area contributed by atoms with E-state index in [1.54, 1.807) is 6.20 Å². The summed E-state index contributed by atoms with van der Waals surface area (Å²) in [5, 5.41) is 0. The van der Waals surface area contributed by atoms with Gasteiger partial charge in [0.25, 0.3) is 0 Å². The highest BCUT2D eigenvalue weighted by molar-refractivity contribution is 9.10. The number of rotatable bonds is 4. The number of aryl methyl sites for hydroxylation is 1. The first kappa shape index (κ1) is 15.0. The molecule has 1 aromatic heterocycles. The Morgan fingerprint density at radius 3 is 3.05 bits per heavy atom. The van der Waals surface area contributed by atoms with Crippen LogP contribution in [0.4, 0.5) is 5.69 Å². The van der Waals surface area contributed by atoms with Crippen molar-refractivity contribution in [2.24, 2.45) is 0 Å². The monoisotopic (exact) mass is 360 g/mol. The van der Waals surface area contributed by atoms with Gasteiger partial charge < -0.3 is 9.64 Å². The maximum atomic E-state index is 11.3.